The molecular formula is C27H33F3N2O3. The Labute approximate surface area is 204 Å². The third-order valence-corrected chi connectivity index (χ3v) is 5.00. The van der Waals surface area contributed by atoms with Crippen molar-refractivity contribution < 1.29 is 27.2 Å². The van der Waals surface area contributed by atoms with Crippen LogP contribution >= 0.6 is 0 Å². The number of rotatable bonds is 7. The van der Waals surface area contributed by atoms with Crippen LogP contribution in [-0.2, 0) is 17.4 Å². The number of hydrogen-bond acceptors (Lipinski definition) is 3. The molecule has 0 spiro atoms. The molecule has 0 saturated heterocycles. The van der Waals surface area contributed by atoms with Crippen LogP contribution in [0.5, 0.6) is 0 Å². The summed E-state index contributed by atoms with van der Waals surface area (Å²) in [6.45, 7) is 8.97. The average Bonchev–Trinajstić information content (AvgIpc) is 3.31. The van der Waals surface area contributed by atoms with Crippen LogP contribution in [0.1, 0.15) is 55.8 Å². The van der Waals surface area contributed by atoms with Crippen LogP contribution in [0.25, 0.3) is 11.0 Å². The molecule has 0 fully saturated rings. The standard InChI is InChI=1S/C12H12N2O3.C9H9F3.C6H12/c15-8-13-5-6-14-12(16)11-7-9-3-1-2-4-10(9)17-11;1-2-7-4-3-5-8(6-7)9(10,11)12;1-4-6(3)5-2/h1-4,7-8H,5-6H2,(H,13,15)(H,14,16);3-6H,2H2,1H3;4H,5H2,1-3H3/b;;6-4+. The predicted molar refractivity (Wildman–Crippen MR) is 133 cm³/mol. The average molecular weight is 491 g/mol. The topological polar surface area (TPSA) is 71.3 Å². The molecule has 2 N–H and O–H groups in total. The van der Waals surface area contributed by atoms with E-state index < -0.39 is 11.7 Å². The summed E-state index contributed by atoms with van der Waals surface area (Å²) in [5.74, 6) is -0.00815. The lowest BCUT2D eigenvalue weighted by Crippen LogP contribution is -2.31. The molecule has 3 rings (SSSR count). The number of hydrogen-bond donors (Lipinski definition) is 2. The van der Waals surface area contributed by atoms with Crippen LogP contribution in [0.3, 0.4) is 0 Å². The zero-order valence-electron chi connectivity index (χ0n) is 20.5. The Bertz CT molecular complexity index is 1060. The Kier molecular flexibility index (Phi) is 12.9. The third-order valence-electron chi connectivity index (χ3n) is 5.00. The Morgan fingerprint density at radius 3 is 2.29 bits per heavy atom. The molecule has 0 aliphatic heterocycles. The van der Waals surface area contributed by atoms with E-state index in [4.69, 9.17) is 4.42 Å². The molecule has 35 heavy (non-hydrogen) atoms. The van der Waals surface area contributed by atoms with Gasteiger partial charge >= 0.3 is 6.18 Å². The molecule has 2 amide bonds. The molecule has 190 valence electrons. The second kappa shape index (κ2) is 15.4. The Balaban J connectivity index is 0.000000296. The number of para-hydroxylation sites is 1. The second-order valence-corrected chi connectivity index (χ2v) is 7.52. The van der Waals surface area contributed by atoms with Crippen molar-refractivity contribution in [3.63, 3.8) is 0 Å². The molecule has 0 unspecified atom stereocenters. The van der Waals surface area contributed by atoms with Crippen molar-refractivity contribution in [3.05, 3.63) is 83.1 Å². The number of halogens is 3. The van der Waals surface area contributed by atoms with Gasteiger partial charge in [0.15, 0.2) is 5.76 Å². The zero-order valence-corrected chi connectivity index (χ0v) is 20.5. The maximum absolute atomic E-state index is 12.1. The Morgan fingerprint density at radius 2 is 1.74 bits per heavy atom. The van der Waals surface area contributed by atoms with Gasteiger partial charge in [-0.25, -0.2) is 0 Å². The molecule has 2 aromatic carbocycles. The van der Waals surface area contributed by atoms with Gasteiger partial charge in [0.25, 0.3) is 5.91 Å². The van der Waals surface area contributed by atoms with Gasteiger partial charge in [0, 0.05) is 18.5 Å². The first-order valence-corrected chi connectivity index (χ1v) is 11.4. The number of allylic oxidation sites excluding steroid dienone is 2. The van der Waals surface area contributed by atoms with Crippen LogP contribution in [0.15, 0.2) is 70.7 Å². The zero-order chi connectivity index (χ0) is 26.3. The van der Waals surface area contributed by atoms with E-state index in [1.807, 2.05) is 25.1 Å². The van der Waals surface area contributed by atoms with E-state index in [-0.39, 0.29) is 11.7 Å². The van der Waals surface area contributed by atoms with Gasteiger partial charge in [0.05, 0.1) is 5.56 Å². The van der Waals surface area contributed by atoms with Crippen LogP contribution in [0.2, 0.25) is 0 Å². The molecule has 0 saturated carbocycles. The van der Waals surface area contributed by atoms with Gasteiger partial charge in [-0.2, -0.15) is 13.2 Å². The maximum atomic E-state index is 12.1. The minimum atomic E-state index is -4.22. The molecule has 0 aliphatic carbocycles. The van der Waals surface area contributed by atoms with Gasteiger partial charge in [-0.05, 0) is 50.5 Å². The maximum Gasteiger partial charge on any atom is 0.416 e. The molecule has 5 nitrogen and oxygen atoms in total. The van der Waals surface area contributed by atoms with Crippen molar-refractivity contribution >= 4 is 23.3 Å². The summed E-state index contributed by atoms with van der Waals surface area (Å²) in [5.41, 5.74) is 2.30. The lowest BCUT2D eigenvalue weighted by atomic mass is 10.1. The number of amides is 2. The summed E-state index contributed by atoms with van der Waals surface area (Å²) in [4.78, 5) is 21.7. The molecule has 0 bridgehead atoms. The largest absolute Gasteiger partial charge is 0.451 e. The van der Waals surface area contributed by atoms with E-state index in [1.54, 1.807) is 18.2 Å². The van der Waals surface area contributed by atoms with Crippen molar-refractivity contribution in [2.24, 2.45) is 0 Å². The van der Waals surface area contributed by atoms with E-state index in [0.29, 0.717) is 37.1 Å². The number of carbonyl (C=O) groups is 2. The summed E-state index contributed by atoms with van der Waals surface area (Å²) in [5, 5.41) is 5.99. The van der Waals surface area contributed by atoms with Crippen molar-refractivity contribution in [1.29, 1.82) is 0 Å². The molecule has 1 aromatic heterocycles. The number of carbonyl (C=O) groups excluding carboxylic acids is 2. The Morgan fingerprint density at radius 1 is 1.03 bits per heavy atom. The monoisotopic (exact) mass is 490 g/mol. The van der Waals surface area contributed by atoms with Gasteiger partial charge in [-0.1, -0.05) is 61.9 Å². The van der Waals surface area contributed by atoms with Crippen molar-refractivity contribution in [2.45, 2.75) is 46.7 Å². The van der Waals surface area contributed by atoms with Gasteiger partial charge in [-0.15, -0.1) is 0 Å². The molecule has 1 heterocycles. The fourth-order valence-electron chi connectivity index (χ4n) is 2.66. The highest BCUT2D eigenvalue weighted by Gasteiger charge is 2.30. The van der Waals surface area contributed by atoms with E-state index in [2.05, 4.69) is 37.5 Å². The van der Waals surface area contributed by atoms with Gasteiger partial charge in [0.1, 0.15) is 5.58 Å². The molecule has 0 radical (unpaired) electrons. The summed E-state index contributed by atoms with van der Waals surface area (Å²) < 4.78 is 41.7. The quantitative estimate of drug-likeness (QED) is 0.224. The smallest absolute Gasteiger partial charge is 0.416 e. The number of alkyl halides is 3. The first-order valence-electron chi connectivity index (χ1n) is 11.4. The van der Waals surface area contributed by atoms with Gasteiger partial charge in [0.2, 0.25) is 6.41 Å². The van der Waals surface area contributed by atoms with E-state index in [9.17, 15) is 22.8 Å². The van der Waals surface area contributed by atoms with E-state index in [1.165, 1.54) is 24.1 Å². The molecule has 0 atom stereocenters. The summed E-state index contributed by atoms with van der Waals surface area (Å²) >= 11 is 0. The number of fused-ring (bicyclic) bond motifs is 1. The van der Waals surface area contributed by atoms with Gasteiger partial charge < -0.3 is 15.1 Å². The number of benzene rings is 2. The van der Waals surface area contributed by atoms with Crippen molar-refractivity contribution in [3.8, 4) is 0 Å². The third kappa shape index (κ3) is 10.9. The van der Waals surface area contributed by atoms with Crippen LogP contribution in [0, 0.1) is 0 Å². The minimum Gasteiger partial charge on any atom is -0.451 e. The highest BCUT2D eigenvalue weighted by atomic mass is 19.4. The fourth-order valence-corrected chi connectivity index (χ4v) is 2.66. The number of furan rings is 1. The molecule has 8 heteroatoms. The molecular weight excluding hydrogens is 457 g/mol. The first-order chi connectivity index (χ1) is 16.7. The van der Waals surface area contributed by atoms with E-state index >= 15 is 0 Å². The lowest BCUT2D eigenvalue weighted by Gasteiger charge is -2.06. The number of aryl methyl sites for hydroxylation is 1. The SMILES string of the molecule is C/C=C(\C)CC.CCc1cccc(C(F)(F)F)c1.O=CNCCNC(=O)c1cc2ccccc2o1. The van der Waals surface area contributed by atoms with Crippen LogP contribution in [-0.4, -0.2) is 25.4 Å². The Hall–Kier alpha value is -3.55. The minimum absolute atomic E-state index is 0.275. The lowest BCUT2D eigenvalue weighted by molar-refractivity contribution is -0.137. The highest BCUT2D eigenvalue weighted by molar-refractivity contribution is 5.96. The second-order valence-electron chi connectivity index (χ2n) is 7.52. The first kappa shape index (κ1) is 29.5. The normalized spacial score (nSPS) is 11.0. The fraction of sp³-hybridized carbons (Fsp3) is 0.333. The van der Waals surface area contributed by atoms with Gasteiger partial charge in [-0.3, -0.25) is 9.59 Å². The summed E-state index contributed by atoms with van der Waals surface area (Å²) in [6, 6.07) is 14.5. The van der Waals surface area contributed by atoms with Crippen LogP contribution in [0.4, 0.5) is 13.2 Å². The molecule has 3 aromatic rings. The van der Waals surface area contributed by atoms with E-state index in [0.717, 1.165) is 11.5 Å². The van der Waals surface area contributed by atoms with Crippen molar-refractivity contribution in [1.82, 2.24) is 10.6 Å². The highest BCUT2D eigenvalue weighted by Crippen LogP contribution is 2.29. The molecule has 0 aliphatic rings. The predicted octanol–water partition coefficient (Wildman–Crippen LogP) is 6.54. The van der Waals surface area contributed by atoms with Crippen molar-refractivity contribution in [2.75, 3.05) is 13.1 Å². The van der Waals surface area contributed by atoms with Crippen LogP contribution < -0.4 is 10.6 Å². The summed E-state index contributed by atoms with van der Waals surface area (Å²) in [7, 11) is 0. The summed E-state index contributed by atoms with van der Waals surface area (Å²) in [6.07, 6.45) is 0.332. The number of nitrogens with one attached hydrogen (secondary N) is 2.